The van der Waals surface area contributed by atoms with Crippen molar-refractivity contribution in [1.29, 1.82) is 0 Å². The maximum absolute atomic E-state index is 5.26. The summed E-state index contributed by atoms with van der Waals surface area (Å²) >= 11 is 3.52. The average Bonchev–Trinajstić information content (AvgIpc) is 2.63. The minimum atomic E-state index is 0.835. The zero-order chi connectivity index (χ0) is 18.5. The molecule has 1 aliphatic heterocycles. The summed E-state index contributed by atoms with van der Waals surface area (Å²) in [5, 5.41) is 6.79. The first kappa shape index (κ1) is 18.9. The quantitative estimate of drug-likeness (QED) is 0.683. The van der Waals surface area contributed by atoms with Crippen molar-refractivity contribution >= 4 is 22.1 Å². The standard InChI is InChI=1S/C21H26BrN3O/c1-16-4-6-19(17(2)12-16)15-24-8-10-25(11-9-24)23-14-18-5-7-21(26-3)20(22)13-18/h4-7,12-14H,8-11,15H2,1-3H3/b23-14-. The Morgan fingerprint density at radius 3 is 2.50 bits per heavy atom. The molecule has 0 N–H and O–H groups in total. The molecule has 0 spiro atoms. The van der Waals surface area contributed by atoms with E-state index in [9.17, 15) is 0 Å². The molecule has 0 aliphatic carbocycles. The van der Waals surface area contributed by atoms with Crippen molar-refractivity contribution in [2.24, 2.45) is 5.10 Å². The van der Waals surface area contributed by atoms with Gasteiger partial charge < -0.3 is 4.74 Å². The Kier molecular flexibility index (Phi) is 6.33. The lowest BCUT2D eigenvalue weighted by Crippen LogP contribution is -2.43. The molecule has 0 atom stereocenters. The first-order valence-electron chi connectivity index (χ1n) is 8.96. The van der Waals surface area contributed by atoms with Crippen molar-refractivity contribution in [3.63, 3.8) is 0 Å². The SMILES string of the molecule is COc1ccc(/C=N\N2CCN(Cc3ccc(C)cc3C)CC2)cc1Br. The Bertz CT molecular complexity index is 783. The average molecular weight is 416 g/mol. The molecule has 4 nitrogen and oxygen atoms in total. The van der Waals surface area contributed by atoms with E-state index in [-0.39, 0.29) is 0 Å². The lowest BCUT2D eigenvalue weighted by Gasteiger charge is -2.33. The van der Waals surface area contributed by atoms with E-state index >= 15 is 0 Å². The van der Waals surface area contributed by atoms with E-state index in [2.05, 4.69) is 63.0 Å². The minimum Gasteiger partial charge on any atom is -0.496 e. The molecule has 5 heteroatoms. The molecule has 0 aromatic heterocycles. The number of rotatable bonds is 5. The number of hydrogen-bond acceptors (Lipinski definition) is 4. The normalized spacial score (nSPS) is 15.6. The maximum Gasteiger partial charge on any atom is 0.133 e. The lowest BCUT2D eigenvalue weighted by molar-refractivity contribution is 0.131. The largest absolute Gasteiger partial charge is 0.496 e. The van der Waals surface area contributed by atoms with Crippen LogP contribution in [0.1, 0.15) is 22.3 Å². The first-order valence-corrected chi connectivity index (χ1v) is 9.75. The molecular formula is C21H26BrN3O. The highest BCUT2D eigenvalue weighted by molar-refractivity contribution is 9.10. The van der Waals surface area contributed by atoms with Crippen LogP contribution in [-0.4, -0.2) is 49.4 Å². The van der Waals surface area contributed by atoms with Crippen molar-refractivity contribution in [3.8, 4) is 5.75 Å². The molecule has 0 unspecified atom stereocenters. The number of nitrogens with zero attached hydrogens (tertiary/aromatic N) is 3. The number of halogens is 1. The van der Waals surface area contributed by atoms with Crippen LogP contribution in [0, 0.1) is 13.8 Å². The predicted octanol–water partition coefficient (Wildman–Crippen LogP) is 4.23. The molecule has 2 aromatic carbocycles. The fourth-order valence-corrected chi connectivity index (χ4v) is 3.74. The lowest BCUT2D eigenvalue weighted by atomic mass is 10.1. The number of hydrogen-bond donors (Lipinski definition) is 0. The van der Waals surface area contributed by atoms with Gasteiger partial charge in [0.05, 0.1) is 17.8 Å². The van der Waals surface area contributed by atoms with E-state index in [1.54, 1.807) is 7.11 Å². The summed E-state index contributed by atoms with van der Waals surface area (Å²) in [6, 6.07) is 12.7. The van der Waals surface area contributed by atoms with Gasteiger partial charge in [-0.15, -0.1) is 0 Å². The summed E-state index contributed by atoms with van der Waals surface area (Å²) < 4.78 is 6.21. The van der Waals surface area contributed by atoms with Crippen LogP contribution in [-0.2, 0) is 6.54 Å². The zero-order valence-corrected chi connectivity index (χ0v) is 17.3. The van der Waals surface area contributed by atoms with Crippen molar-refractivity contribution in [1.82, 2.24) is 9.91 Å². The van der Waals surface area contributed by atoms with Crippen molar-refractivity contribution in [3.05, 3.63) is 63.1 Å². The third-order valence-corrected chi connectivity index (χ3v) is 5.41. The van der Waals surface area contributed by atoms with Gasteiger partial charge in [-0.3, -0.25) is 9.91 Å². The molecule has 0 radical (unpaired) electrons. The third-order valence-electron chi connectivity index (χ3n) is 4.79. The molecule has 1 aliphatic rings. The predicted molar refractivity (Wildman–Crippen MR) is 111 cm³/mol. The van der Waals surface area contributed by atoms with E-state index in [1.165, 1.54) is 16.7 Å². The van der Waals surface area contributed by atoms with E-state index in [4.69, 9.17) is 4.74 Å². The summed E-state index contributed by atoms with van der Waals surface area (Å²) in [6.07, 6.45) is 1.92. The number of methoxy groups -OCH3 is 1. The zero-order valence-electron chi connectivity index (χ0n) is 15.7. The second kappa shape index (κ2) is 8.69. The van der Waals surface area contributed by atoms with Crippen LogP contribution in [0.4, 0.5) is 0 Å². The highest BCUT2D eigenvalue weighted by atomic mass is 79.9. The van der Waals surface area contributed by atoms with E-state index in [1.807, 2.05) is 24.4 Å². The summed E-state index contributed by atoms with van der Waals surface area (Å²) in [5.74, 6) is 0.835. The van der Waals surface area contributed by atoms with Gasteiger partial charge in [-0.1, -0.05) is 23.8 Å². The molecule has 0 saturated carbocycles. The Hall–Kier alpha value is -1.85. The van der Waals surface area contributed by atoms with E-state index in [0.29, 0.717) is 0 Å². The van der Waals surface area contributed by atoms with Crippen LogP contribution in [0.2, 0.25) is 0 Å². The van der Waals surface area contributed by atoms with Gasteiger partial charge >= 0.3 is 0 Å². The van der Waals surface area contributed by atoms with Crippen LogP contribution in [0.3, 0.4) is 0 Å². The van der Waals surface area contributed by atoms with Gasteiger partial charge in [0.25, 0.3) is 0 Å². The molecule has 1 heterocycles. The minimum absolute atomic E-state index is 0.835. The van der Waals surface area contributed by atoms with Crippen LogP contribution in [0.15, 0.2) is 46.0 Å². The van der Waals surface area contributed by atoms with Gasteiger partial charge in [0.15, 0.2) is 0 Å². The highest BCUT2D eigenvalue weighted by Gasteiger charge is 2.16. The Morgan fingerprint density at radius 1 is 1.08 bits per heavy atom. The van der Waals surface area contributed by atoms with Gasteiger partial charge in [0.1, 0.15) is 5.75 Å². The number of ether oxygens (including phenoxy) is 1. The summed E-state index contributed by atoms with van der Waals surface area (Å²) in [7, 11) is 1.67. The van der Waals surface area contributed by atoms with E-state index in [0.717, 1.165) is 48.5 Å². The first-order chi connectivity index (χ1) is 12.5. The van der Waals surface area contributed by atoms with Gasteiger partial charge in [-0.25, -0.2) is 0 Å². The molecule has 1 fully saturated rings. The van der Waals surface area contributed by atoms with Crippen molar-refractivity contribution in [2.75, 3.05) is 33.3 Å². The summed E-state index contributed by atoms with van der Waals surface area (Å²) in [6.45, 7) is 9.37. The fraction of sp³-hybridized carbons (Fsp3) is 0.381. The van der Waals surface area contributed by atoms with Crippen molar-refractivity contribution < 1.29 is 4.74 Å². The maximum atomic E-state index is 5.26. The molecule has 26 heavy (non-hydrogen) atoms. The summed E-state index contributed by atoms with van der Waals surface area (Å²) in [5.41, 5.74) is 5.21. The van der Waals surface area contributed by atoms with Crippen molar-refractivity contribution in [2.45, 2.75) is 20.4 Å². The third kappa shape index (κ3) is 4.86. The number of benzene rings is 2. The number of piperazine rings is 1. The molecule has 138 valence electrons. The monoisotopic (exact) mass is 415 g/mol. The van der Waals surface area contributed by atoms with Crippen LogP contribution in [0.5, 0.6) is 5.75 Å². The van der Waals surface area contributed by atoms with Gasteiger partial charge in [0, 0.05) is 32.7 Å². The molecule has 3 rings (SSSR count). The molecule has 0 amide bonds. The molecule has 0 bridgehead atoms. The highest BCUT2D eigenvalue weighted by Crippen LogP contribution is 2.25. The van der Waals surface area contributed by atoms with Crippen LogP contribution in [0.25, 0.3) is 0 Å². The summed E-state index contributed by atoms with van der Waals surface area (Å²) in [4.78, 5) is 2.51. The van der Waals surface area contributed by atoms with Crippen LogP contribution >= 0.6 is 15.9 Å². The van der Waals surface area contributed by atoms with Gasteiger partial charge in [-0.05, 0) is 64.7 Å². The van der Waals surface area contributed by atoms with Crippen LogP contribution < -0.4 is 4.74 Å². The Morgan fingerprint density at radius 2 is 1.85 bits per heavy atom. The number of aryl methyl sites for hydroxylation is 2. The number of hydrazone groups is 1. The second-order valence-corrected chi connectivity index (χ2v) is 7.65. The van der Waals surface area contributed by atoms with E-state index < -0.39 is 0 Å². The smallest absolute Gasteiger partial charge is 0.133 e. The molecule has 1 saturated heterocycles. The molecule has 2 aromatic rings. The van der Waals surface area contributed by atoms with Gasteiger partial charge in [0.2, 0.25) is 0 Å². The Balaban J connectivity index is 1.52. The topological polar surface area (TPSA) is 28.1 Å². The molecular weight excluding hydrogens is 390 g/mol. The second-order valence-electron chi connectivity index (χ2n) is 6.80. The fourth-order valence-electron chi connectivity index (χ4n) is 3.19. The Labute approximate surface area is 164 Å². The van der Waals surface area contributed by atoms with Gasteiger partial charge in [-0.2, -0.15) is 5.10 Å².